The SMILES string of the molecule is CC(=O)[C@H]1CC(S)CN1C(=O)NNC(=O)[C@@H]1C[C@@H](S)CN1. The van der Waals surface area contributed by atoms with Gasteiger partial charge in [-0.25, -0.2) is 10.2 Å². The number of Topliss-reactive ketones (excluding diaryl/α,β-unsaturated/α-hetero) is 1. The Morgan fingerprint density at radius 1 is 1.14 bits per heavy atom. The number of rotatable bonds is 2. The van der Waals surface area contributed by atoms with Gasteiger partial charge < -0.3 is 10.2 Å². The first-order valence-electron chi connectivity index (χ1n) is 6.85. The summed E-state index contributed by atoms with van der Waals surface area (Å²) in [7, 11) is 0. The van der Waals surface area contributed by atoms with E-state index in [4.69, 9.17) is 0 Å². The molecule has 0 aromatic carbocycles. The van der Waals surface area contributed by atoms with Crippen LogP contribution in [0.3, 0.4) is 0 Å². The summed E-state index contributed by atoms with van der Waals surface area (Å²) in [6.07, 6.45) is 1.15. The molecule has 2 rings (SSSR count). The summed E-state index contributed by atoms with van der Waals surface area (Å²) in [6, 6.07) is -1.32. The van der Waals surface area contributed by atoms with Crippen LogP contribution < -0.4 is 16.2 Å². The van der Waals surface area contributed by atoms with Crippen LogP contribution in [0.4, 0.5) is 4.79 Å². The van der Waals surface area contributed by atoms with Gasteiger partial charge in [0.15, 0.2) is 5.78 Å². The van der Waals surface area contributed by atoms with Crippen molar-refractivity contribution >= 4 is 43.0 Å². The highest BCUT2D eigenvalue weighted by molar-refractivity contribution is 7.81. The van der Waals surface area contributed by atoms with Gasteiger partial charge in [0.2, 0.25) is 0 Å². The first-order chi connectivity index (χ1) is 9.88. The molecule has 0 spiro atoms. The van der Waals surface area contributed by atoms with E-state index in [0.29, 0.717) is 25.9 Å². The zero-order valence-electron chi connectivity index (χ0n) is 11.7. The van der Waals surface area contributed by atoms with Crippen LogP contribution >= 0.6 is 25.3 Å². The molecule has 0 radical (unpaired) electrons. The molecule has 0 aromatic rings. The van der Waals surface area contributed by atoms with E-state index in [9.17, 15) is 14.4 Å². The molecule has 118 valence electrons. The lowest BCUT2D eigenvalue weighted by Crippen LogP contribution is -2.54. The van der Waals surface area contributed by atoms with E-state index in [1.54, 1.807) is 0 Å². The van der Waals surface area contributed by atoms with Gasteiger partial charge in [-0.1, -0.05) is 0 Å². The molecule has 21 heavy (non-hydrogen) atoms. The number of hydrazine groups is 1. The van der Waals surface area contributed by atoms with Gasteiger partial charge >= 0.3 is 6.03 Å². The first kappa shape index (κ1) is 16.4. The van der Waals surface area contributed by atoms with Crippen LogP contribution in [0.1, 0.15) is 19.8 Å². The highest BCUT2D eigenvalue weighted by atomic mass is 32.1. The topological polar surface area (TPSA) is 90.5 Å². The molecule has 9 heteroatoms. The van der Waals surface area contributed by atoms with Crippen LogP contribution in [0.2, 0.25) is 0 Å². The predicted octanol–water partition coefficient (Wildman–Crippen LogP) is -0.651. The van der Waals surface area contributed by atoms with Crippen molar-refractivity contribution in [3.63, 3.8) is 0 Å². The second-order valence-corrected chi connectivity index (χ2v) is 6.90. The highest BCUT2D eigenvalue weighted by Gasteiger charge is 2.37. The van der Waals surface area contributed by atoms with E-state index in [1.165, 1.54) is 11.8 Å². The molecule has 3 amide bonds. The third kappa shape index (κ3) is 4.04. The van der Waals surface area contributed by atoms with Gasteiger partial charge in [-0.15, -0.1) is 0 Å². The molecule has 4 atom stereocenters. The predicted molar refractivity (Wildman–Crippen MR) is 84.4 cm³/mol. The number of nitrogens with zero attached hydrogens (tertiary/aromatic N) is 1. The molecule has 0 saturated carbocycles. The van der Waals surface area contributed by atoms with Crippen molar-refractivity contribution in [1.82, 2.24) is 21.1 Å². The van der Waals surface area contributed by atoms with Crippen molar-refractivity contribution < 1.29 is 14.4 Å². The first-order valence-corrected chi connectivity index (χ1v) is 7.88. The minimum Gasteiger partial charge on any atom is -0.312 e. The van der Waals surface area contributed by atoms with E-state index in [2.05, 4.69) is 41.4 Å². The maximum Gasteiger partial charge on any atom is 0.336 e. The van der Waals surface area contributed by atoms with E-state index < -0.39 is 12.1 Å². The van der Waals surface area contributed by atoms with Gasteiger partial charge in [-0.2, -0.15) is 25.3 Å². The van der Waals surface area contributed by atoms with Gasteiger partial charge in [-0.3, -0.25) is 15.0 Å². The number of hydrogen-bond donors (Lipinski definition) is 5. The van der Waals surface area contributed by atoms with Crippen LogP contribution in [-0.4, -0.2) is 58.3 Å². The average Bonchev–Trinajstić information content (AvgIpc) is 3.01. The standard InChI is InChI=1S/C12H20N4O3S2/c1-6(17)10-3-8(21)5-16(10)12(19)15-14-11(18)9-2-7(20)4-13-9/h7-10,13,20-21H,2-5H2,1H3,(H,14,18)(H,15,19)/t7-,8?,9+,10-/m1/s1. The van der Waals surface area contributed by atoms with Crippen molar-refractivity contribution in [1.29, 1.82) is 0 Å². The Labute approximate surface area is 134 Å². The Balaban J connectivity index is 1.84. The van der Waals surface area contributed by atoms with E-state index in [1.807, 2.05) is 0 Å². The lowest BCUT2D eigenvalue weighted by atomic mass is 10.1. The van der Waals surface area contributed by atoms with Crippen LogP contribution in [0.5, 0.6) is 0 Å². The summed E-state index contributed by atoms with van der Waals surface area (Å²) >= 11 is 8.60. The van der Waals surface area contributed by atoms with Crippen molar-refractivity contribution in [3.8, 4) is 0 Å². The van der Waals surface area contributed by atoms with Gasteiger partial charge in [0.1, 0.15) is 0 Å². The fourth-order valence-corrected chi connectivity index (χ4v) is 3.31. The Morgan fingerprint density at radius 2 is 1.86 bits per heavy atom. The number of thiol groups is 2. The largest absolute Gasteiger partial charge is 0.336 e. The quantitative estimate of drug-likeness (QED) is 0.343. The molecule has 3 N–H and O–H groups in total. The summed E-state index contributed by atoms with van der Waals surface area (Å²) in [4.78, 5) is 36.9. The fourth-order valence-electron chi connectivity index (χ4n) is 2.61. The van der Waals surface area contributed by atoms with Gasteiger partial charge in [0.05, 0.1) is 12.1 Å². The molecule has 2 aliphatic rings. The van der Waals surface area contributed by atoms with Crippen molar-refractivity contribution in [3.05, 3.63) is 0 Å². The third-order valence-electron chi connectivity index (χ3n) is 3.73. The molecule has 2 heterocycles. The zero-order chi connectivity index (χ0) is 15.6. The second kappa shape index (κ2) is 6.89. The Morgan fingerprint density at radius 3 is 2.43 bits per heavy atom. The number of amides is 3. The number of hydrogen-bond acceptors (Lipinski definition) is 6. The van der Waals surface area contributed by atoms with Crippen LogP contribution in [0.15, 0.2) is 0 Å². The Kier molecular flexibility index (Phi) is 5.39. The fraction of sp³-hybridized carbons (Fsp3) is 0.750. The van der Waals surface area contributed by atoms with Crippen LogP contribution in [-0.2, 0) is 9.59 Å². The third-order valence-corrected chi connectivity index (χ3v) is 4.49. The van der Waals surface area contributed by atoms with Gasteiger partial charge in [0.25, 0.3) is 5.91 Å². The van der Waals surface area contributed by atoms with Crippen LogP contribution in [0, 0.1) is 0 Å². The zero-order valence-corrected chi connectivity index (χ0v) is 13.5. The number of carbonyl (C=O) groups excluding carboxylic acids is 3. The lowest BCUT2D eigenvalue weighted by molar-refractivity contribution is -0.123. The monoisotopic (exact) mass is 332 g/mol. The molecule has 2 fully saturated rings. The Hall–Kier alpha value is -0.930. The number of ketones is 1. The smallest absolute Gasteiger partial charge is 0.312 e. The van der Waals surface area contributed by atoms with E-state index in [0.717, 1.165) is 0 Å². The summed E-state index contributed by atoms with van der Waals surface area (Å²) in [5.41, 5.74) is 4.74. The number of likely N-dealkylation sites (tertiary alicyclic amines) is 1. The van der Waals surface area contributed by atoms with Crippen LogP contribution in [0.25, 0.3) is 0 Å². The second-order valence-electron chi connectivity index (χ2n) is 5.44. The molecule has 1 unspecified atom stereocenters. The summed E-state index contributed by atoms with van der Waals surface area (Å²) in [5.74, 6) is -0.385. The maximum absolute atomic E-state index is 12.1. The molecule has 0 aliphatic carbocycles. The van der Waals surface area contributed by atoms with E-state index in [-0.39, 0.29) is 28.2 Å². The molecule has 2 aliphatic heterocycles. The molecule has 2 saturated heterocycles. The summed E-state index contributed by atoms with van der Waals surface area (Å²) in [6.45, 7) is 2.50. The van der Waals surface area contributed by atoms with Crippen molar-refractivity contribution in [2.45, 2.75) is 42.3 Å². The number of carbonyl (C=O) groups is 3. The maximum atomic E-state index is 12.1. The van der Waals surface area contributed by atoms with Crippen molar-refractivity contribution in [2.24, 2.45) is 0 Å². The molecule has 7 nitrogen and oxygen atoms in total. The molecular formula is C12H20N4O3S2. The highest BCUT2D eigenvalue weighted by Crippen LogP contribution is 2.22. The minimum atomic E-state index is -0.486. The molecule has 0 aromatic heterocycles. The summed E-state index contributed by atoms with van der Waals surface area (Å²) < 4.78 is 0. The van der Waals surface area contributed by atoms with E-state index >= 15 is 0 Å². The normalized spacial score (nSPS) is 32.0. The van der Waals surface area contributed by atoms with Gasteiger partial charge in [-0.05, 0) is 19.8 Å². The number of urea groups is 1. The lowest BCUT2D eigenvalue weighted by Gasteiger charge is -2.23. The molecular weight excluding hydrogens is 312 g/mol. The average molecular weight is 332 g/mol. The molecule has 0 bridgehead atoms. The minimum absolute atomic E-state index is 0.0261. The Bertz CT molecular complexity index is 448. The summed E-state index contributed by atoms with van der Waals surface area (Å²) in [5, 5.41) is 3.13. The number of nitrogens with one attached hydrogen (secondary N) is 3. The van der Waals surface area contributed by atoms with Gasteiger partial charge in [0, 0.05) is 23.6 Å². The van der Waals surface area contributed by atoms with Crippen molar-refractivity contribution in [2.75, 3.05) is 13.1 Å².